The zero-order valence-corrected chi connectivity index (χ0v) is 18.4. The van der Waals surface area contributed by atoms with E-state index in [2.05, 4.69) is 27.6 Å². The summed E-state index contributed by atoms with van der Waals surface area (Å²) in [4.78, 5) is 5.83. The fourth-order valence-corrected chi connectivity index (χ4v) is 3.00. The van der Waals surface area contributed by atoms with Crippen LogP contribution in [0.1, 0.15) is 12.5 Å². The molecular formula is C17H25ClIN5S. The molecule has 0 saturated carbocycles. The van der Waals surface area contributed by atoms with Crippen LogP contribution in [0.2, 0.25) is 5.02 Å². The number of halogens is 2. The molecule has 0 aliphatic rings. The van der Waals surface area contributed by atoms with Crippen molar-refractivity contribution in [2.45, 2.75) is 18.2 Å². The molecule has 0 aliphatic heterocycles. The van der Waals surface area contributed by atoms with Gasteiger partial charge in [0.25, 0.3) is 0 Å². The molecule has 2 aromatic rings. The van der Waals surface area contributed by atoms with Gasteiger partial charge in [0.05, 0.1) is 6.20 Å². The molecule has 0 aliphatic carbocycles. The average Bonchev–Trinajstić information content (AvgIpc) is 2.98. The Balaban J connectivity index is 0.00000312. The zero-order chi connectivity index (χ0) is 17.2. The lowest BCUT2D eigenvalue weighted by molar-refractivity contribution is 0.766. The van der Waals surface area contributed by atoms with Crippen LogP contribution in [0, 0.1) is 0 Å². The maximum absolute atomic E-state index is 5.89. The molecule has 1 heterocycles. The van der Waals surface area contributed by atoms with Gasteiger partial charge in [0.15, 0.2) is 5.96 Å². The van der Waals surface area contributed by atoms with Gasteiger partial charge in [-0.3, -0.25) is 9.67 Å². The number of hydrogen-bond donors (Lipinski definition) is 2. The first kappa shape index (κ1) is 22.1. The molecule has 0 fully saturated rings. The Morgan fingerprint density at radius 2 is 2.04 bits per heavy atom. The van der Waals surface area contributed by atoms with Gasteiger partial charge in [-0.15, -0.1) is 35.7 Å². The highest BCUT2D eigenvalue weighted by Crippen LogP contribution is 2.19. The molecule has 0 unspecified atom stereocenters. The lowest BCUT2D eigenvalue weighted by Gasteiger charge is -2.11. The number of aromatic nitrogens is 2. The van der Waals surface area contributed by atoms with Crippen LogP contribution < -0.4 is 10.6 Å². The SMILES string of the molecule is CCNC(=NCCc1cnn(C)c1)NCCSc1ccc(Cl)cc1.I. The molecule has 8 heteroatoms. The highest BCUT2D eigenvalue weighted by molar-refractivity contribution is 14.0. The summed E-state index contributed by atoms with van der Waals surface area (Å²) in [6.07, 6.45) is 4.81. The molecule has 0 radical (unpaired) electrons. The smallest absolute Gasteiger partial charge is 0.191 e. The van der Waals surface area contributed by atoms with Crippen LogP contribution in [0.15, 0.2) is 46.5 Å². The van der Waals surface area contributed by atoms with E-state index in [4.69, 9.17) is 11.6 Å². The molecule has 0 bridgehead atoms. The second kappa shape index (κ2) is 12.4. The minimum Gasteiger partial charge on any atom is -0.357 e. The van der Waals surface area contributed by atoms with Crippen LogP contribution >= 0.6 is 47.3 Å². The van der Waals surface area contributed by atoms with Gasteiger partial charge in [-0.05, 0) is 43.2 Å². The second-order valence-electron chi connectivity index (χ2n) is 5.26. The predicted octanol–water partition coefficient (Wildman–Crippen LogP) is 3.58. The Bertz CT molecular complexity index is 645. The highest BCUT2D eigenvalue weighted by Gasteiger charge is 1.99. The van der Waals surface area contributed by atoms with Gasteiger partial charge in [-0.25, -0.2) is 0 Å². The number of rotatable bonds is 8. The third kappa shape index (κ3) is 8.82. The fourth-order valence-electron chi connectivity index (χ4n) is 2.11. The Hall–Kier alpha value is -0.930. The molecule has 0 spiro atoms. The number of aliphatic imine (C=N–C) groups is 1. The number of thioether (sulfide) groups is 1. The molecule has 2 N–H and O–H groups in total. The molecule has 0 amide bonds. The summed E-state index contributed by atoms with van der Waals surface area (Å²) in [6.45, 7) is 4.52. The summed E-state index contributed by atoms with van der Waals surface area (Å²) < 4.78 is 1.82. The number of nitrogens with one attached hydrogen (secondary N) is 2. The van der Waals surface area contributed by atoms with Crippen molar-refractivity contribution in [3.63, 3.8) is 0 Å². The largest absolute Gasteiger partial charge is 0.357 e. The first-order valence-electron chi connectivity index (χ1n) is 8.05. The predicted molar refractivity (Wildman–Crippen MR) is 118 cm³/mol. The van der Waals surface area contributed by atoms with E-state index in [1.807, 2.05) is 48.4 Å². The maximum Gasteiger partial charge on any atom is 0.191 e. The molecule has 2 rings (SSSR count). The Kier molecular flexibility index (Phi) is 11.0. The van der Waals surface area contributed by atoms with E-state index in [0.29, 0.717) is 0 Å². The lowest BCUT2D eigenvalue weighted by atomic mass is 10.3. The average molecular weight is 494 g/mol. The highest BCUT2D eigenvalue weighted by atomic mass is 127. The van der Waals surface area contributed by atoms with E-state index in [-0.39, 0.29) is 24.0 Å². The molecule has 25 heavy (non-hydrogen) atoms. The summed E-state index contributed by atoms with van der Waals surface area (Å²) in [5, 5.41) is 11.6. The van der Waals surface area contributed by atoms with Crippen molar-refractivity contribution in [2.75, 3.05) is 25.4 Å². The van der Waals surface area contributed by atoms with Crippen molar-refractivity contribution in [3.05, 3.63) is 47.2 Å². The van der Waals surface area contributed by atoms with Crippen LogP contribution in [0.4, 0.5) is 0 Å². The Morgan fingerprint density at radius 1 is 1.28 bits per heavy atom. The van der Waals surface area contributed by atoms with E-state index in [1.54, 1.807) is 11.8 Å². The van der Waals surface area contributed by atoms with Crippen molar-refractivity contribution in [3.8, 4) is 0 Å². The van der Waals surface area contributed by atoms with Crippen LogP contribution in [0.25, 0.3) is 0 Å². The van der Waals surface area contributed by atoms with Crippen LogP contribution in [-0.4, -0.2) is 41.1 Å². The Morgan fingerprint density at radius 3 is 2.68 bits per heavy atom. The summed E-state index contributed by atoms with van der Waals surface area (Å²) in [7, 11) is 1.93. The third-order valence-corrected chi connectivity index (χ3v) is 4.52. The third-order valence-electron chi connectivity index (χ3n) is 3.25. The van der Waals surface area contributed by atoms with Gasteiger partial charge < -0.3 is 10.6 Å². The summed E-state index contributed by atoms with van der Waals surface area (Å²) >= 11 is 7.69. The monoisotopic (exact) mass is 493 g/mol. The van der Waals surface area contributed by atoms with Gasteiger partial charge in [0, 0.05) is 48.5 Å². The van der Waals surface area contributed by atoms with E-state index in [1.165, 1.54) is 10.5 Å². The van der Waals surface area contributed by atoms with E-state index >= 15 is 0 Å². The molecule has 5 nitrogen and oxygen atoms in total. The lowest BCUT2D eigenvalue weighted by Crippen LogP contribution is -2.38. The number of benzene rings is 1. The van der Waals surface area contributed by atoms with Gasteiger partial charge in [0.1, 0.15) is 0 Å². The molecule has 1 aromatic heterocycles. The maximum atomic E-state index is 5.89. The van der Waals surface area contributed by atoms with Crippen LogP contribution in [-0.2, 0) is 13.5 Å². The molecule has 138 valence electrons. The molecule has 0 atom stereocenters. The normalized spacial score (nSPS) is 11.1. The number of aryl methyl sites for hydroxylation is 1. The minimum atomic E-state index is 0. The van der Waals surface area contributed by atoms with Crippen molar-refractivity contribution in [2.24, 2.45) is 12.0 Å². The van der Waals surface area contributed by atoms with E-state index in [9.17, 15) is 0 Å². The van der Waals surface area contributed by atoms with Crippen LogP contribution in [0.5, 0.6) is 0 Å². The topological polar surface area (TPSA) is 54.2 Å². The van der Waals surface area contributed by atoms with E-state index < -0.39 is 0 Å². The van der Waals surface area contributed by atoms with Crippen LogP contribution in [0.3, 0.4) is 0 Å². The number of guanidine groups is 1. The summed E-state index contributed by atoms with van der Waals surface area (Å²) in [6, 6.07) is 7.92. The molecule has 1 aromatic carbocycles. The number of nitrogens with zero attached hydrogens (tertiary/aromatic N) is 3. The van der Waals surface area contributed by atoms with Crippen molar-refractivity contribution in [1.29, 1.82) is 0 Å². The van der Waals surface area contributed by atoms with Crippen molar-refractivity contribution < 1.29 is 0 Å². The van der Waals surface area contributed by atoms with Gasteiger partial charge in [0.2, 0.25) is 0 Å². The number of hydrogen-bond acceptors (Lipinski definition) is 3. The van der Waals surface area contributed by atoms with Crippen molar-refractivity contribution in [1.82, 2.24) is 20.4 Å². The summed E-state index contributed by atoms with van der Waals surface area (Å²) in [5.41, 5.74) is 1.20. The fraction of sp³-hybridized carbons (Fsp3) is 0.412. The summed E-state index contributed by atoms with van der Waals surface area (Å²) in [5.74, 6) is 1.83. The molecular weight excluding hydrogens is 469 g/mol. The Labute approximate surface area is 176 Å². The first-order valence-corrected chi connectivity index (χ1v) is 9.42. The zero-order valence-electron chi connectivity index (χ0n) is 14.5. The standard InChI is InChI=1S/C17H24ClN5S.HI/c1-3-19-17(20-9-8-14-12-22-23(2)13-14)21-10-11-24-16-6-4-15(18)5-7-16;/h4-7,12-13H,3,8-11H2,1-2H3,(H2,19,20,21);1H. The second-order valence-corrected chi connectivity index (χ2v) is 6.87. The van der Waals surface area contributed by atoms with E-state index in [0.717, 1.165) is 42.8 Å². The quantitative estimate of drug-likeness (QED) is 0.194. The van der Waals surface area contributed by atoms with Gasteiger partial charge >= 0.3 is 0 Å². The first-order chi connectivity index (χ1) is 11.7. The van der Waals surface area contributed by atoms with Crippen molar-refractivity contribution >= 4 is 53.3 Å². The van der Waals surface area contributed by atoms with Gasteiger partial charge in [-0.1, -0.05) is 11.6 Å². The molecule has 0 saturated heterocycles. The minimum absolute atomic E-state index is 0. The van der Waals surface area contributed by atoms with Gasteiger partial charge in [-0.2, -0.15) is 5.10 Å².